The minimum atomic E-state index is -0.370. The van der Waals surface area contributed by atoms with Crippen molar-refractivity contribution in [2.45, 2.75) is 52.1 Å². The van der Waals surface area contributed by atoms with Crippen molar-refractivity contribution in [3.05, 3.63) is 21.3 Å². The quantitative estimate of drug-likeness (QED) is 0.474. The van der Waals surface area contributed by atoms with E-state index in [1.165, 1.54) is 37.0 Å². The van der Waals surface area contributed by atoms with Crippen LogP contribution in [0.25, 0.3) is 0 Å². The monoisotopic (exact) mass is 288 g/mol. The summed E-state index contributed by atoms with van der Waals surface area (Å²) < 4.78 is 6.21. The van der Waals surface area contributed by atoms with Gasteiger partial charge < -0.3 is 4.74 Å². The Kier molecular flexibility index (Phi) is 7.56. The zero-order valence-corrected chi connectivity index (χ0v) is 12.6. The third-order valence-electron chi connectivity index (χ3n) is 2.80. The van der Waals surface area contributed by atoms with E-state index in [9.17, 15) is 4.79 Å². The Morgan fingerprint density at radius 2 is 2.06 bits per heavy atom. The molecule has 102 valence electrons. The topological polar surface area (TPSA) is 26.3 Å². The maximum Gasteiger partial charge on any atom is 0.201 e. The molecule has 0 aliphatic heterocycles. The highest BCUT2D eigenvalue weighted by Crippen LogP contribution is 2.23. The van der Waals surface area contributed by atoms with Crippen LogP contribution in [0.4, 0.5) is 0 Å². The van der Waals surface area contributed by atoms with Crippen LogP contribution in [0.15, 0.2) is 12.1 Å². The van der Waals surface area contributed by atoms with Gasteiger partial charge in [0.1, 0.15) is 6.10 Å². The Morgan fingerprint density at radius 1 is 1.33 bits per heavy atom. The van der Waals surface area contributed by atoms with Gasteiger partial charge in [0.2, 0.25) is 5.78 Å². The number of hydrogen-bond donors (Lipinski definition) is 0. The molecule has 0 aliphatic rings. The maximum atomic E-state index is 12.0. The molecule has 0 amide bonds. The van der Waals surface area contributed by atoms with Gasteiger partial charge >= 0.3 is 0 Å². The third-order valence-corrected chi connectivity index (χ3v) is 4.05. The van der Waals surface area contributed by atoms with Gasteiger partial charge in [-0.25, -0.2) is 0 Å². The first-order chi connectivity index (χ1) is 8.65. The number of carbonyl (C=O) groups is 1. The smallest absolute Gasteiger partial charge is 0.201 e. The molecule has 0 radical (unpaired) electrons. The lowest BCUT2D eigenvalue weighted by Crippen LogP contribution is -2.20. The molecule has 0 saturated heterocycles. The highest BCUT2D eigenvalue weighted by molar-refractivity contribution is 7.18. The lowest BCUT2D eigenvalue weighted by atomic mass is 10.1. The number of unbranched alkanes of at least 4 members (excludes halogenated alkanes) is 4. The molecule has 18 heavy (non-hydrogen) atoms. The molecule has 1 rings (SSSR count). The first kappa shape index (κ1) is 15.7. The third kappa shape index (κ3) is 5.51. The van der Waals surface area contributed by atoms with Crippen LogP contribution in [0.2, 0.25) is 4.34 Å². The van der Waals surface area contributed by atoms with Crippen LogP contribution in [0.5, 0.6) is 0 Å². The molecule has 0 bridgehead atoms. The summed E-state index contributed by atoms with van der Waals surface area (Å²) in [5.41, 5.74) is 0. The second-order valence-electron chi connectivity index (χ2n) is 4.40. The van der Waals surface area contributed by atoms with Crippen molar-refractivity contribution in [2.24, 2.45) is 0 Å². The second kappa shape index (κ2) is 8.68. The lowest BCUT2D eigenvalue weighted by Gasteiger charge is -2.10. The minimum absolute atomic E-state index is 0.0282. The van der Waals surface area contributed by atoms with Crippen molar-refractivity contribution in [3.8, 4) is 0 Å². The van der Waals surface area contributed by atoms with E-state index < -0.39 is 0 Å². The van der Waals surface area contributed by atoms with Gasteiger partial charge in [-0.1, -0.05) is 44.2 Å². The van der Waals surface area contributed by atoms with E-state index in [-0.39, 0.29) is 11.9 Å². The largest absolute Gasteiger partial charge is 0.370 e. The fourth-order valence-corrected chi connectivity index (χ4v) is 2.75. The first-order valence-electron chi connectivity index (χ1n) is 6.56. The minimum Gasteiger partial charge on any atom is -0.370 e. The van der Waals surface area contributed by atoms with Crippen LogP contribution in [-0.4, -0.2) is 18.5 Å². The van der Waals surface area contributed by atoms with E-state index in [0.29, 0.717) is 15.8 Å². The molecule has 0 saturated carbocycles. The van der Waals surface area contributed by atoms with Crippen molar-refractivity contribution in [3.63, 3.8) is 0 Å². The molecule has 1 atom stereocenters. The van der Waals surface area contributed by atoms with E-state index in [1.54, 1.807) is 12.1 Å². The first-order valence-corrected chi connectivity index (χ1v) is 7.75. The zero-order chi connectivity index (χ0) is 13.4. The van der Waals surface area contributed by atoms with Crippen molar-refractivity contribution in [1.29, 1.82) is 0 Å². The lowest BCUT2D eigenvalue weighted by molar-refractivity contribution is 0.0467. The van der Waals surface area contributed by atoms with Gasteiger partial charge in [-0.3, -0.25) is 4.79 Å². The van der Waals surface area contributed by atoms with Crippen LogP contribution < -0.4 is 0 Å². The zero-order valence-electron chi connectivity index (χ0n) is 11.1. The molecule has 0 N–H and O–H groups in total. The fraction of sp³-hybridized carbons (Fsp3) is 0.643. The van der Waals surface area contributed by atoms with E-state index in [1.807, 2.05) is 6.92 Å². The number of ketones is 1. The Bertz CT molecular complexity index is 362. The molecule has 1 heterocycles. The number of ether oxygens (including phenoxy) is 1. The average molecular weight is 289 g/mol. The summed E-state index contributed by atoms with van der Waals surface area (Å²) in [6.07, 6.45) is 5.62. The predicted octanol–water partition coefficient (Wildman–Crippen LogP) is 4.96. The standard InChI is InChI=1S/C14H21ClO2S/c1-3-4-5-6-7-10-17-11(2)14(16)12-8-9-13(15)18-12/h8-9,11H,3-7,10H2,1-2H3. The summed E-state index contributed by atoms with van der Waals surface area (Å²) in [4.78, 5) is 12.6. The van der Waals surface area contributed by atoms with Gasteiger partial charge in [0.25, 0.3) is 0 Å². The molecular formula is C14H21ClO2S. The number of Topliss-reactive ketones (excluding diaryl/α,β-unsaturated/α-hetero) is 1. The van der Waals surface area contributed by atoms with Crippen LogP contribution >= 0.6 is 22.9 Å². The molecule has 0 aliphatic carbocycles. The molecule has 0 fully saturated rings. The number of hydrogen-bond acceptors (Lipinski definition) is 3. The molecule has 1 aromatic rings. The van der Waals surface area contributed by atoms with Crippen LogP contribution in [0.1, 0.15) is 55.6 Å². The summed E-state index contributed by atoms with van der Waals surface area (Å²) in [5.74, 6) is 0.0282. The molecule has 4 heteroatoms. The van der Waals surface area contributed by atoms with Crippen molar-refractivity contribution >= 4 is 28.7 Å². The van der Waals surface area contributed by atoms with Gasteiger partial charge in [-0.2, -0.15) is 0 Å². The maximum absolute atomic E-state index is 12.0. The number of rotatable bonds is 9. The number of thiophene rings is 1. The number of carbonyl (C=O) groups excluding carboxylic acids is 1. The summed E-state index contributed by atoms with van der Waals surface area (Å²) in [5, 5.41) is 0. The average Bonchev–Trinajstić information content (AvgIpc) is 2.79. The molecule has 0 aromatic carbocycles. The Balaban J connectivity index is 2.20. The van der Waals surface area contributed by atoms with Gasteiger partial charge in [-0.05, 0) is 25.5 Å². The molecule has 1 unspecified atom stereocenters. The van der Waals surface area contributed by atoms with Gasteiger partial charge in [0.05, 0.1) is 9.21 Å². The fourth-order valence-electron chi connectivity index (χ4n) is 1.69. The van der Waals surface area contributed by atoms with Crippen LogP contribution in [0.3, 0.4) is 0 Å². The van der Waals surface area contributed by atoms with Crippen LogP contribution in [-0.2, 0) is 4.74 Å². The SMILES string of the molecule is CCCCCCCOC(C)C(=O)c1ccc(Cl)s1. The van der Waals surface area contributed by atoms with Gasteiger partial charge in [0, 0.05) is 6.61 Å². The molecular weight excluding hydrogens is 268 g/mol. The van der Waals surface area contributed by atoms with E-state index in [0.717, 1.165) is 6.42 Å². The summed E-state index contributed by atoms with van der Waals surface area (Å²) in [6, 6.07) is 3.51. The van der Waals surface area contributed by atoms with Crippen LogP contribution in [0, 0.1) is 0 Å². The summed E-state index contributed by atoms with van der Waals surface area (Å²) in [7, 11) is 0. The molecule has 1 aromatic heterocycles. The summed E-state index contributed by atoms with van der Waals surface area (Å²) in [6.45, 7) is 4.67. The van der Waals surface area contributed by atoms with E-state index in [2.05, 4.69) is 6.92 Å². The molecule has 2 nitrogen and oxygen atoms in total. The van der Waals surface area contributed by atoms with Gasteiger partial charge in [-0.15, -0.1) is 11.3 Å². The number of halogens is 1. The Morgan fingerprint density at radius 3 is 2.67 bits per heavy atom. The Labute approximate surface area is 118 Å². The highest BCUT2D eigenvalue weighted by atomic mass is 35.5. The summed E-state index contributed by atoms with van der Waals surface area (Å²) >= 11 is 7.12. The molecule has 0 spiro atoms. The van der Waals surface area contributed by atoms with Crippen molar-refractivity contribution in [2.75, 3.05) is 6.61 Å². The van der Waals surface area contributed by atoms with Crippen molar-refractivity contribution in [1.82, 2.24) is 0 Å². The van der Waals surface area contributed by atoms with E-state index >= 15 is 0 Å². The second-order valence-corrected chi connectivity index (χ2v) is 6.11. The highest BCUT2D eigenvalue weighted by Gasteiger charge is 2.17. The predicted molar refractivity (Wildman–Crippen MR) is 77.8 cm³/mol. The Hall–Kier alpha value is -0.380. The van der Waals surface area contributed by atoms with Gasteiger partial charge in [0.15, 0.2) is 0 Å². The van der Waals surface area contributed by atoms with E-state index in [4.69, 9.17) is 16.3 Å². The van der Waals surface area contributed by atoms with Crippen molar-refractivity contribution < 1.29 is 9.53 Å². The normalized spacial score (nSPS) is 12.6.